The molecule has 1 amide bonds. The number of hydrogen-bond acceptors (Lipinski definition) is 3. The number of rotatable bonds is 8. The quantitative estimate of drug-likeness (QED) is 0.720. The summed E-state index contributed by atoms with van der Waals surface area (Å²) in [6.45, 7) is 5.57. The van der Waals surface area contributed by atoms with Crippen molar-refractivity contribution in [3.05, 3.63) is 41.4 Å². The van der Waals surface area contributed by atoms with E-state index in [-0.39, 0.29) is 12.5 Å². The SMILES string of the molecule is C=CCN(CCO)CCC(=O)Nc1cccc(Br)c1. The van der Waals surface area contributed by atoms with Crippen LogP contribution in [0.25, 0.3) is 0 Å². The Morgan fingerprint density at radius 2 is 2.26 bits per heavy atom. The van der Waals surface area contributed by atoms with Gasteiger partial charge in [0.2, 0.25) is 5.91 Å². The number of amides is 1. The van der Waals surface area contributed by atoms with Crippen LogP contribution in [0, 0.1) is 0 Å². The molecule has 5 heteroatoms. The van der Waals surface area contributed by atoms with E-state index in [0.717, 1.165) is 10.2 Å². The minimum atomic E-state index is -0.0369. The molecule has 0 heterocycles. The number of benzene rings is 1. The number of nitrogens with one attached hydrogen (secondary N) is 1. The van der Waals surface area contributed by atoms with Gasteiger partial charge in [-0.05, 0) is 18.2 Å². The van der Waals surface area contributed by atoms with Gasteiger partial charge in [-0.1, -0.05) is 28.1 Å². The van der Waals surface area contributed by atoms with Crippen molar-refractivity contribution >= 4 is 27.5 Å². The maximum atomic E-state index is 11.8. The van der Waals surface area contributed by atoms with Crippen LogP contribution in [0.15, 0.2) is 41.4 Å². The van der Waals surface area contributed by atoms with Crippen LogP contribution in [0.4, 0.5) is 5.69 Å². The molecular formula is C14H19BrN2O2. The van der Waals surface area contributed by atoms with E-state index in [1.165, 1.54) is 0 Å². The summed E-state index contributed by atoms with van der Waals surface area (Å²) in [6, 6.07) is 7.48. The lowest BCUT2D eigenvalue weighted by Crippen LogP contribution is -2.30. The maximum Gasteiger partial charge on any atom is 0.225 e. The summed E-state index contributed by atoms with van der Waals surface area (Å²) < 4.78 is 0.930. The maximum absolute atomic E-state index is 11.8. The molecule has 0 aliphatic carbocycles. The predicted molar refractivity (Wildman–Crippen MR) is 81.1 cm³/mol. The highest BCUT2D eigenvalue weighted by Gasteiger charge is 2.07. The summed E-state index contributed by atoms with van der Waals surface area (Å²) >= 11 is 3.36. The minimum Gasteiger partial charge on any atom is -0.395 e. The lowest BCUT2D eigenvalue weighted by molar-refractivity contribution is -0.116. The van der Waals surface area contributed by atoms with Crippen molar-refractivity contribution in [1.82, 2.24) is 4.90 Å². The Balaban J connectivity index is 2.40. The summed E-state index contributed by atoms with van der Waals surface area (Å²) in [5.41, 5.74) is 0.775. The number of anilines is 1. The van der Waals surface area contributed by atoms with Crippen molar-refractivity contribution < 1.29 is 9.90 Å². The smallest absolute Gasteiger partial charge is 0.225 e. The standard InChI is InChI=1S/C14H19BrN2O2/c1-2-7-17(9-10-18)8-6-14(19)16-13-5-3-4-12(15)11-13/h2-5,11,18H,1,6-10H2,(H,16,19). The molecule has 0 saturated heterocycles. The Morgan fingerprint density at radius 3 is 2.89 bits per heavy atom. The van der Waals surface area contributed by atoms with Crippen LogP contribution < -0.4 is 5.32 Å². The van der Waals surface area contributed by atoms with Gasteiger partial charge < -0.3 is 10.4 Å². The fraction of sp³-hybridized carbons (Fsp3) is 0.357. The van der Waals surface area contributed by atoms with Gasteiger partial charge in [0.05, 0.1) is 6.61 Å². The van der Waals surface area contributed by atoms with Crippen molar-refractivity contribution in [3.8, 4) is 0 Å². The summed E-state index contributed by atoms with van der Waals surface area (Å²) in [7, 11) is 0. The molecule has 1 rings (SSSR count). The highest BCUT2D eigenvalue weighted by Crippen LogP contribution is 2.15. The van der Waals surface area contributed by atoms with E-state index in [1.54, 1.807) is 6.08 Å². The molecule has 0 aliphatic heterocycles. The first kappa shape index (κ1) is 15.9. The normalized spacial score (nSPS) is 10.5. The molecule has 2 N–H and O–H groups in total. The summed E-state index contributed by atoms with van der Waals surface area (Å²) in [5, 5.41) is 11.8. The molecule has 0 aromatic heterocycles. The van der Waals surface area contributed by atoms with Gasteiger partial charge in [-0.15, -0.1) is 6.58 Å². The number of hydrogen-bond donors (Lipinski definition) is 2. The Kier molecular flexibility index (Phi) is 7.40. The molecule has 104 valence electrons. The molecule has 0 fully saturated rings. The van der Waals surface area contributed by atoms with Crippen LogP contribution in [-0.2, 0) is 4.79 Å². The van der Waals surface area contributed by atoms with Crippen LogP contribution in [0.2, 0.25) is 0 Å². The summed E-state index contributed by atoms with van der Waals surface area (Å²) in [6.07, 6.45) is 2.15. The van der Waals surface area contributed by atoms with Crippen molar-refractivity contribution in [2.45, 2.75) is 6.42 Å². The monoisotopic (exact) mass is 326 g/mol. The first-order valence-corrected chi connectivity index (χ1v) is 6.94. The van der Waals surface area contributed by atoms with Gasteiger partial charge in [-0.25, -0.2) is 0 Å². The molecule has 19 heavy (non-hydrogen) atoms. The van der Waals surface area contributed by atoms with Gasteiger partial charge in [0.1, 0.15) is 0 Å². The zero-order valence-electron chi connectivity index (χ0n) is 10.8. The second kappa shape index (κ2) is 8.85. The first-order valence-electron chi connectivity index (χ1n) is 6.15. The van der Waals surface area contributed by atoms with Gasteiger partial charge in [-0.3, -0.25) is 9.69 Å². The van der Waals surface area contributed by atoms with Crippen molar-refractivity contribution in [3.63, 3.8) is 0 Å². The van der Waals surface area contributed by atoms with Crippen LogP contribution in [-0.4, -0.2) is 42.2 Å². The molecular weight excluding hydrogens is 308 g/mol. The Hall–Kier alpha value is -1.17. The third kappa shape index (κ3) is 6.52. The van der Waals surface area contributed by atoms with E-state index in [0.29, 0.717) is 26.1 Å². The molecule has 1 aromatic carbocycles. The lowest BCUT2D eigenvalue weighted by Gasteiger charge is -2.18. The van der Waals surface area contributed by atoms with Crippen molar-refractivity contribution in [1.29, 1.82) is 0 Å². The van der Waals surface area contributed by atoms with Gasteiger partial charge in [0, 0.05) is 36.2 Å². The third-order valence-corrected chi connectivity index (χ3v) is 3.06. The molecule has 0 bridgehead atoms. The van der Waals surface area contributed by atoms with Crippen molar-refractivity contribution in [2.75, 3.05) is 31.6 Å². The number of carbonyl (C=O) groups excluding carboxylic acids is 1. The van der Waals surface area contributed by atoms with Gasteiger partial charge in [0.25, 0.3) is 0 Å². The zero-order valence-corrected chi connectivity index (χ0v) is 12.4. The van der Waals surface area contributed by atoms with Gasteiger partial charge >= 0.3 is 0 Å². The Bertz CT molecular complexity index is 424. The van der Waals surface area contributed by atoms with Gasteiger partial charge in [-0.2, -0.15) is 0 Å². The van der Waals surface area contributed by atoms with Crippen LogP contribution in [0.5, 0.6) is 0 Å². The van der Waals surface area contributed by atoms with Crippen LogP contribution >= 0.6 is 15.9 Å². The van der Waals surface area contributed by atoms with Gasteiger partial charge in [0.15, 0.2) is 0 Å². The van der Waals surface area contributed by atoms with E-state index in [4.69, 9.17) is 5.11 Å². The summed E-state index contributed by atoms with van der Waals surface area (Å²) in [5.74, 6) is -0.0369. The molecule has 0 unspecified atom stereocenters. The second-order valence-corrected chi connectivity index (χ2v) is 5.04. The molecule has 1 aromatic rings. The lowest BCUT2D eigenvalue weighted by atomic mass is 10.3. The number of nitrogens with zero attached hydrogens (tertiary/aromatic N) is 1. The zero-order chi connectivity index (χ0) is 14.1. The second-order valence-electron chi connectivity index (χ2n) is 4.12. The largest absolute Gasteiger partial charge is 0.395 e. The minimum absolute atomic E-state index is 0.0369. The van der Waals surface area contributed by atoms with Crippen LogP contribution in [0.3, 0.4) is 0 Å². The van der Waals surface area contributed by atoms with Crippen LogP contribution in [0.1, 0.15) is 6.42 Å². The van der Waals surface area contributed by atoms with E-state index >= 15 is 0 Å². The van der Waals surface area contributed by atoms with E-state index in [9.17, 15) is 4.79 Å². The van der Waals surface area contributed by atoms with E-state index in [1.807, 2.05) is 29.2 Å². The first-order chi connectivity index (χ1) is 9.15. The highest BCUT2D eigenvalue weighted by molar-refractivity contribution is 9.10. The number of halogens is 1. The van der Waals surface area contributed by atoms with Crippen molar-refractivity contribution in [2.24, 2.45) is 0 Å². The predicted octanol–water partition coefficient (Wildman–Crippen LogP) is 2.26. The fourth-order valence-corrected chi connectivity index (χ4v) is 2.07. The Labute approximate surface area is 122 Å². The van der Waals surface area contributed by atoms with E-state index < -0.39 is 0 Å². The number of carbonyl (C=O) groups is 1. The molecule has 0 radical (unpaired) electrons. The number of aliphatic hydroxyl groups is 1. The third-order valence-electron chi connectivity index (χ3n) is 2.57. The summed E-state index contributed by atoms with van der Waals surface area (Å²) in [4.78, 5) is 13.8. The molecule has 0 aliphatic rings. The number of aliphatic hydroxyl groups excluding tert-OH is 1. The molecule has 4 nitrogen and oxygen atoms in total. The average Bonchev–Trinajstić information content (AvgIpc) is 2.36. The molecule has 0 atom stereocenters. The highest BCUT2D eigenvalue weighted by atomic mass is 79.9. The topological polar surface area (TPSA) is 52.6 Å². The molecule has 0 spiro atoms. The fourth-order valence-electron chi connectivity index (χ4n) is 1.67. The Morgan fingerprint density at radius 1 is 1.47 bits per heavy atom. The van der Waals surface area contributed by atoms with E-state index in [2.05, 4.69) is 27.8 Å². The average molecular weight is 327 g/mol. The molecule has 0 saturated carbocycles.